The van der Waals surface area contributed by atoms with Gasteiger partial charge in [0.1, 0.15) is 12.4 Å². The predicted octanol–water partition coefficient (Wildman–Crippen LogP) is 0.724. The third kappa shape index (κ3) is 2.52. The lowest BCUT2D eigenvalue weighted by Gasteiger charge is -2.10. The quantitative estimate of drug-likeness (QED) is 0.638. The molecule has 13 heavy (non-hydrogen) atoms. The van der Waals surface area contributed by atoms with E-state index in [9.17, 15) is 4.79 Å². The lowest BCUT2D eigenvalue weighted by atomic mass is 10.1. The van der Waals surface area contributed by atoms with Crippen molar-refractivity contribution in [3.63, 3.8) is 0 Å². The van der Waals surface area contributed by atoms with E-state index >= 15 is 0 Å². The van der Waals surface area contributed by atoms with Crippen molar-refractivity contribution in [1.82, 2.24) is 4.90 Å². The highest BCUT2D eigenvalue weighted by Crippen LogP contribution is 2.08. The molecule has 0 saturated heterocycles. The second-order valence-corrected chi connectivity index (χ2v) is 3.23. The fourth-order valence-electron chi connectivity index (χ4n) is 1.35. The van der Waals surface area contributed by atoms with Gasteiger partial charge in [-0.1, -0.05) is 19.8 Å². The molecule has 2 N–H and O–H groups in total. The summed E-state index contributed by atoms with van der Waals surface area (Å²) in [6, 6.07) is 0. The van der Waals surface area contributed by atoms with Crippen LogP contribution in [0, 0.1) is 0 Å². The molecule has 0 aromatic heterocycles. The van der Waals surface area contributed by atoms with Crippen LogP contribution in [0.2, 0.25) is 0 Å². The van der Waals surface area contributed by atoms with Crippen LogP contribution in [0.15, 0.2) is 4.99 Å². The molecular formula is C9H17N3O. The van der Waals surface area contributed by atoms with Crippen molar-refractivity contribution in [3.8, 4) is 0 Å². The molecule has 0 spiro atoms. The van der Waals surface area contributed by atoms with Gasteiger partial charge in [-0.15, -0.1) is 0 Å². The number of hydrogen-bond donors (Lipinski definition) is 1. The van der Waals surface area contributed by atoms with E-state index in [1.54, 1.807) is 4.90 Å². The smallest absolute Gasteiger partial charge is 0.270 e. The van der Waals surface area contributed by atoms with E-state index < -0.39 is 0 Å². The van der Waals surface area contributed by atoms with E-state index in [1.165, 1.54) is 6.42 Å². The van der Waals surface area contributed by atoms with E-state index in [1.807, 2.05) is 0 Å². The van der Waals surface area contributed by atoms with E-state index in [0.717, 1.165) is 19.3 Å². The topological polar surface area (TPSA) is 58.7 Å². The maximum atomic E-state index is 11.4. The highest BCUT2D eigenvalue weighted by Gasteiger charge is 2.23. The SMILES string of the molecule is CCCCCC1=NCN(CN)C1=O. The van der Waals surface area contributed by atoms with Crippen LogP contribution >= 0.6 is 0 Å². The molecule has 1 amide bonds. The molecule has 0 radical (unpaired) electrons. The molecule has 1 aliphatic rings. The molecule has 4 heteroatoms. The average molecular weight is 183 g/mol. The zero-order valence-corrected chi connectivity index (χ0v) is 8.12. The minimum Gasteiger partial charge on any atom is -0.314 e. The Morgan fingerprint density at radius 1 is 1.54 bits per heavy atom. The normalized spacial score (nSPS) is 16.6. The van der Waals surface area contributed by atoms with Gasteiger partial charge in [-0.2, -0.15) is 0 Å². The largest absolute Gasteiger partial charge is 0.314 e. The van der Waals surface area contributed by atoms with Crippen molar-refractivity contribution in [2.24, 2.45) is 10.7 Å². The number of nitrogens with zero attached hydrogens (tertiary/aromatic N) is 2. The highest BCUT2D eigenvalue weighted by atomic mass is 16.2. The molecule has 0 aromatic rings. The van der Waals surface area contributed by atoms with Crippen molar-refractivity contribution < 1.29 is 4.79 Å². The van der Waals surface area contributed by atoms with Crippen LogP contribution in [0.3, 0.4) is 0 Å². The first kappa shape index (κ1) is 10.2. The summed E-state index contributed by atoms with van der Waals surface area (Å²) in [6.07, 6.45) is 4.19. The first-order valence-electron chi connectivity index (χ1n) is 4.82. The van der Waals surface area contributed by atoms with Crippen LogP contribution in [0.4, 0.5) is 0 Å². The molecule has 0 aromatic carbocycles. The van der Waals surface area contributed by atoms with Gasteiger partial charge < -0.3 is 10.6 Å². The van der Waals surface area contributed by atoms with E-state index in [0.29, 0.717) is 12.4 Å². The van der Waals surface area contributed by atoms with Crippen molar-refractivity contribution in [2.75, 3.05) is 13.3 Å². The van der Waals surface area contributed by atoms with Gasteiger partial charge in [0, 0.05) is 0 Å². The van der Waals surface area contributed by atoms with Gasteiger partial charge >= 0.3 is 0 Å². The van der Waals surface area contributed by atoms with E-state index in [4.69, 9.17) is 5.73 Å². The van der Waals surface area contributed by atoms with Crippen LogP contribution in [0.1, 0.15) is 32.6 Å². The Morgan fingerprint density at radius 3 is 2.85 bits per heavy atom. The molecule has 0 saturated carbocycles. The number of aliphatic imine (C=N–C) groups is 1. The highest BCUT2D eigenvalue weighted by molar-refractivity contribution is 6.39. The Balaban J connectivity index is 2.32. The summed E-state index contributed by atoms with van der Waals surface area (Å²) in [6.45, 7) is 2.88. The summed E-state index contributed by atoms with van der Waals surface area (Å²) in [4.78, 5) is 17.2. The van der Waals surface area contributed by atoms with Crippen LogP contribution < -0.4 is 5.73 Å². The van der Waals surface area contributed by atoms with Gasteiger partial charge in [0.15, 0.2) is 0 Å². The summed E-state index contributed by atoms with van der Waals surface area (Å²) in [5.41, 5.74) is 6.08. The standard InChI is InChI=1S/C9H17N3O/c1-2-3-4-5-8-9(13)12(6-10)7-11-8/h2-7,10H2,1H3. The fourth-order valence-corrected chi connectivity index (χ4v) is 1.35. The van der Waals surface area contributed by atoms with Crippen molar-refractivity contribution in [3.05, 3.63) is 0 Å². The van der Waals surface area contributed by atoms with Gasteiger partial charge in [0.05, 0.1) is 6.67 Å². The van der Waals surface area contributed by atoms with Crippen LogP contribution in [0.5, 0.6) is 0 Å². The summed E-state index contributed by atoms with van der Waals surface area (Å²) in [5.74, 6) is 0.0265. The van der Waals surface area contributed by atoms with Crippen molar-refractivity contribution >= 4 is 11.6 Å². The first-order chi connectivity index (χ1) is 6.29. The zero-order valence-electron chi connectivity index (χ0n) is 8.12. The number of hydrogen-bond acceptors (Lipinski definition) is 3. The summed E-state index contributed by atoms with van der Waals surface area (Å²) < 4.78 is 0. The van der Waals surface area contributed by atoms with Crippen LogP contribution in [0.25, 0.3) is 0 Å². The third-order valence-electron chi connectivity index (χ3n) is 2.20. The van der Waals surface area contributed by atoms with Gasteiger partial charge in [-0.05, 0) is 12.8 Å². The molecule has 0 bridgehead atoms. The van der Waals surface area contributed by atoms with Crippen LogP contribution in [-0.2, 0) is 4.79 Å². The second-order valence-electron chi connectivity index (χ2n) is 3.23. The molecule has 1 rings (SSSR count). The number of amides is 1. The Labute approximate surface area is 78.8 Å². The Bertz CT molecular complexity index is 213. The lowest BCUT2D eigenvalue weighted by Crippen LogP contribution is -2.34. The molecule has 1 heterocycles. The monoisotopic (exact) mass is 183 g/mol. The Kier molecular flexibility index (Phi) is 3.89. The third-order valence-corrected chi connectivity index (χ3v) is 2.20. The molecule has 0 aliphatic carbocycles. The van der Waals surface area contributed by atoms with Gasteiger partial charge in [0.25, 0.3) is 5.91 Å². The molecule has 1 aliphatic heterocycles. The molecule has 74 valence electrons. The number of nitrogens with two attached hydrogens (primary N) is 1. The number of carbonyl (C=O) groups excluding carboxylic acids is 1. The molecular weight excluding hydrogens is 166 g/mol. The van der Waals surface area contributed by atoms with Crippen molar-refractivity contribution in [2.45, 2.75) is 32.6 Å². The minimum absolute atomic E-state index is 0.0265. The maximum absolute atomic E-state index is 11.4. The fraction of sp³-hybridized carbons (Fsp3) is 0.778. The van der Waals surface area contributed by atoms with Gasteiger partial charge in [-0.3, -0.25) is 9.79 Å². The number of carbonyl (C=O) groups is 1. The first-order valence-corrected chi connectivity index (χ1v) is 4.82. The van der Waals surface area contributed by atoms with Gasteiger partial charge in [-0.25, -0.2) is 0 Å². The van der Waals surface area contributed by atoms with Crippen molar-refractivity contribution in [1.29, 1.82) is 0 Å². The summed E-state index contributed by atoms with van der Waals surface area (Å²) in [5, 5.41) is 0. The zero-order chi connectivity index (χ0) is 9.68. The molecule has 0 unspecified atom stereocenters. The molecule has 4 nitrogen and oxygen atoms in total. The number of rotatable bonds is 5. The Hall–Kier alpha value is -0.900. The minimum atomic E-state index is 0.0265. The number of unbranched alkanes of at least 4 members (excludes halogenated alkanes) is 2. The van der Waals surface area contributed by atoms with Crippen LogP contribution in [-0.4, -0.2) is 29.9 Å². The Morgan fingerprint density at radius 2 is 2.31 bits per heavy atom. The second kappa shape index (κ2) is 4.97. The van der Waals surface area contributed by atoms with Gasteiger partial charge in [0.2, 0.25) is 0 Å². The maximum Gasteiger partial charge on any atom is 0.270 e. The van der Waals surface area contributed by atoms with E-state index in [-0.39, 0.29) is 12.6 Å². The predicted molar refractivity (Wildman–Crippen MR) is 52.3 cm³/mol. The summed E-state index contributed by atoms with van der Waals surface area (Å²) >= 11 is 0. The average Bonchev–Trinajstić information content (AvgIpc) is 2.48. The lowest BCUT2D eigenvalue weighted by molar-refractivity contribution is -0.122. The van der Waals surface area contributed by atoms with E-state index in [2.05, 4.69) is 11.9 Å². The summed E-state index contributed by atoms with van der Waals surface area (Å²) in [7, 11) is 0. The molecule has 0 atom stereocenters. The molecule has 0 fully saturated rings.